The molecule has 0 spiro atoms. The molecule has 4 rings (SSSR count). The molecule has 0 unspecified atom stereocenters. The third-order valence-corrected chi connectivity index (χ3v) is 4.99. The van der Waals surface area contributed by atoms with Crippen molar-refractivity contribution in [3.63, 3.8) is 0 Å². The van der Waals surface area contributed by atoms with E-state index >= 15 is 0 Å². The van der Waals surface area contributed by atoms with Crippen LogP contribution in [0.4, 0.5) is 11.4 Å². The lowest BCUT2D eigenvalue weighted by Gasteiger charge is -2.30. The van der Waals surface area contributed by atoms with Crippen LogP contribution < -0.4 is 36.8 Å². The molecule has 0 aromatic heterocycles. The van der Waals surface area contributed by atoms with E-state index in [1.54, 1.807) is 13.8 Å². The van der Waals surface area contributed by atoms with E-state index in [0.29, 0.717) is 48.8 Å². The molecule has 2 aliphatic rings. The first-order valence-corrected chi connectivity index (χ1v) is 8.81. The third-order valence-electron chi connectivity index (χ3n) is 4.99. The number of piperazine rings is 1. The molecule has 0 amide bonds. The van der Waals surface area contributed by atoms with Crippen molar-refractivity contribution in [2.24, 2.45) is 0 Å². The Morgan fingerprint density at radius 1 is 0.692 bits per heavy atom. The summed E-state index contributed by atoms with van der Waals surface area (Å²) in [5.41, 5.74) is 1.20. The van der Waals surface area contributed by atoms with Crippen LogP contribution in [0, 0.1) is 13.8 Å². The molecule has 0 saturated carbocycles. The van der Waals surface area contributed by atoms with E-state index in [9.17, 15) is 19.2 Å². The van der Waals surface area contributed by atoms with Gasteiger partial charge >= 0.3 is 0 Å². The van der Waals surface area contributed by atoms with Crippen LogP contribution in [0.3, 0.4) is 0 Å². The number of nitrogens with zero attached hydrogens (tertiary/aromatic N) is 2. The van der Waals surface area contributed by atoms with E-state index in [1.165, 1.54) is 0 Å². The summed E-state index contributed by atoms with van der Waals surface area (Å²) in [5.74, 6) is 0. The monoisotopic (exact) mass is 361 g/mol. The van der Waals surface area contributed by atoms with Crippen LogP contribution in [0.2, 0.25) is 0 Å². The minimum Gasteiger partial charge on any atom is -0.378 e. The average molecular weight is 361 g/mol. The average Bonchev–Trinajstić information content (AvgIpc) is 2.70. The SMILES string of the molecule is Cc1c(N2CCNCC2)c(=O)c1=O.Cc1c(N2CCOCC2)c(=O)c1=O. The van der Waals surface area contributed by atoms with Gasteiger partial charge in [0, 0.05) is 50.4 Å². The quantitative estimate of drug-likeness (QED) is 0.641. The van der Waals surface area contributed by atoms with Crippen molar-refractivity contribution in [1.82, 2.24) is 5.32 Å². The van der Waals surface area contributed by atoms with Crippen molar-refractivity contribution in [1.29, 1.82) is 0 Å². The van der Waals surface area contributed by atoms with Crippen molar-refractivity contribution in [3.8, 4) is 0 Å². The van der Waals surface area contributed by atoms with Crippen LogP contribution in [0.5, 0.6) is 0 Å². The van der Waals surface area contributed by atoms with Crippen LogP contribution >= 0.6 is 0 Å². The van der Waals surface area contributed by atoms with Gasteiger partial charge in [-0.05, 0) is 13.8 Å². The fourth-order valence-electron chi connectivity index (χ4n) is 3.42. The molecule has 140 valence electrons. The Labute approximate surface area is 150 Å². The number of nitrogens with one attached hydrogen (secondary N) is 1. The summed E-state index contributed by atoms with van der Waals surface area (Å²) in [6, 6.07) is 0. The molecule has 1 N–H and O–H groups in total. The third kappa shape index (κ3) is 3.22. The second-order valence-corrected chi connectivity index (χ2v) is 6.60. The highest BCUT2D eigenvalue weighted by Crippen LogP contribution is 2.14. The maximum Gasteiger partial charge on any atom is 0.249 e. The standard InChI is InChI=1S/C9H12N2O2.C9H11NO3/c1-6-7(9(13)8(6)12)11-4-2-10-3-5-11;1-6-7(9(12)8(6)11)10-2-4-13-5-3-10/h10H,2-5H2,1H3;2-5H2,1H3. The normalized spacial score (nSPS) is 18.1. The molecule has 2 fully saturated rings. The van der Waals surface area contributed by atoms with Gasteiger partial charge in [-0.25, -0.2) is 0 Å². The number of rotatable bonds is 2. The van der Waals surface area contributed by atoms with E-state index in [0.717, 1.165) is 26.2 Å². The highest BCUT2D eigenvalue weighted by molar-refractivity contribution is 5.58. The van der Waals surface area contributed by atoms with Crippen LogP contribution in [0.15, 0.2) is 19.2 Å². The first-order chi connectivity index (χ1) is 12.4. The van der Waals surface area contributed by atoms with E-state index in [2.05, 4.69) is 5.32 Å². The van der Waals surface area contributed by atoms with Gasteiger partial charge in [0.15, 0.2) is 0 Å². The zero-order valence-electron chi connectivity index (χ0n) is 15.1. The summed E-state index contributed by atoms with van der Waals surface area (Å²) >= 11 is 0. The molecule has 0 atom stereocenters. The number of ether oxygens (including phenoxy) is 1. The Kier molecular flexibility index (Phi) is 5.33. The molecule has 26 heavy (non-hydrogen) atoms. The van der Waals surface area contributed by atoms with E-state index < -0.39 is 0 Å². The Morgan fingerprint density at radius 3 is 1.54 bits per heavy atom. The van der Waals surface area contributed by atoms with Crippen LogP contribution in [-0.2, 0) is 4.74 Å². The minimum atomic E-state index is -0.334. The molecular formula is C18H23N3O5. The highest BCUT2D eigenvalue weighted by atomic mass is 16.5. The van der Waals surface area contributed by atoms with Gasteiger partial charge in [0.25, 0.3) is 0 Å². The largest absolute Gasteiger partial charge is 0.378 e. The molecule has 2 saturated heterocycles. The number of hydrogen-bond donors (Lipinski definition) is 1. The fraction of sp³-hybridized carbons (Fsp3) is 0.556. The van der Waals surface area contributed by atoms with Gasteiger partial charge in [-0.3, -0.25) is 19.2 Å². The molecule has 2 aliphatic heterocycles. The molecule has 2 heterocycles. The van der Waals surface area contributed by atoms with Crippen molar-refractivity contribution in [2.75, 3.05) is 62.3 Å². The van der Waals surface area contributed by atoms with Gasteiger partial charge in [0.05, 0.1) is 24.6 Å². The predicted octanol–water partition coefficient (Wildman–Crippen LogP) is -1.57. The summed E-state index contributed by atoms with van der Waals surface area (Å²) in [7, 11) is 0. The highest BCUT2D eigenvalue weighted by Gasteiger charge is 2.24. The summed E-state index contributed by atoms with van der Waals surface area (Å²) in [5, 5.41) is 3.20. The second-order valence-electron chi connectivity index (χ2n) is 6.60. The Balaban J connectivity index is 0.000000151. The van der Waals surface area contributed by atoms with Gasteiger partial charge in [-0.1, -0.05) is 0 Å². The van der Waals surface area contributed by atoms with Crippen molar-refractivity contribution < 1.29 is 4.74 Å². The minimum absolute atomic E-state index is 0.306. The first-order valence-electron chi connectivity index (χ1n) is 8.81. The first kappa shape index (κ1) is 18.5. The zero-order valence-corrected chi connectivity index (χ0v) is 15.1. The maximum atomic E-state index is 11.2. The van der Waals surface area contributed by atoms with Crippen LogP contribution in [0.25, 0.3) is 0 Å². The van der Waals surface area contributed by atoms with Gasteiger partial charge in [0.2, 0.25) is 21.7 Å². The molecular weight excluding hydrogens is 338 g/mol. The van der Waals surface area contributed by atoms with Gasteiger partial charge in [-0.2, -0.15) is 0 Å². The Morgan fingerprint density at radius 2 is 1.12 bits per heavy atom. The summed E-state index contributed by atoms with van der Waals surface area (Å²) in [6.07, 6.45) is 0. The zero-order chi connectivity index (χ0) is 18.8. The van der Waals surface area contributed by atoms with E-state index in [1.807, 2.05) is 9.80 Å². The smallest absolute Gasteiger partial charge is 0.249 e. The molecule has 0 bridgehead atoms. The maximum absolute atomic E-state index is 11.2. The molecule has 8 heteroatoms. The molecule has 0 radical (unpaired) electrons. The van der Waals surface area contributed by atoms with Crippen molar-refractivity contribution >= 4 is 11.4 Å². The lowest BCUT2D eigenvalue weighted by atomic mass is 10.1. The molecule has 8 nitrogen and oxygen atoms in total. The Bertz CT molecular complexity index is 845. The van der Waals surface area contributed by atoms with Crippen molar-refractivity contribution in [2.45, 2.75) is 13.8 Å². The van der Waals surface area contributed by atoms with E-state index in [-0.39, 0.29) is 21.7 Å². The Hall–Kier alpha value is -2.32. The van der Waals surface area contributed by atoms with Gasteiger partial charge in [0.1, 0.15) is 0 Å². The van der Waals surface area contributed by atoms with Gasteiger partial charge in [-0.15, -0.1) is 0 Å². The summed E-state index contributed by atoms with van der Waals surface area (Å²) in [6.45, 7) is 9.55. The number of anilines is 2. The predicted molar refractivity (Wildman–Crippen MR) is 100 cm³/mol. The van der Waals surface area contributed by atoms with Crippen LogP contribution in [-0.4, -0.2) is 52.5 Å². The lowest BCUT2D eigenvalue weighted by Crippen LogP contribution is -2.50. The summed E-state index contributed by atoms with van der Waals surface area (Å²) < 4.78 is 5.16. The number of hydrogen-bond acceptors (Lipinski definition) is 8. The molecule has 2 aromatic carbocycles. The van der Waals surface area contributed by atoms with Gasteiger partial charge < -0.3 is 19.9 Å². The molecule has 0 aliphatic carbocycles. The van der Waals surface area contributed by atoms with E-state index in [4.69, 9.17) is 4.74 Å². The summed E-state index contributed by atoms with van der Waals surface area (Å²) in [4.78, 5) is 48.2. The fourth-order valence-corrected chi connectivity index (χ4v) is 3.42. The topological polar surface area (TPSA) is 96.0 Å². The number of morpholine rings is 1. The molecule has 2 aromatic rings. The van der Waals surface area contributed by atoms with Crippen LogP contribution in [0.1, 0.15) is 11.1 Å². The second kappa shape index (κ2) is 7.51. The lowest BCUT2D eigenvalue weighted by molar-refractivity contribution is 0.122. The van der Waals surface area contributed by atoms with Crippen molar-refractivity contribution in [3.05, 3.63) is 52.0 Å².